The van der Waals surface area contributed by atoms with Crippen molar-refractivity contribution in [1.82, 2.24) is 20.2 Å². The number of aromatic nitrogens is 2. The van der Waals surface area contributed by atoms with Gasteiger partial charge in [-0.25, -0.2) is 9.97 Å². The first kappa shape index (κ1) is 21.1. The highest BCUT2D eigenvalue weighted by Gasteiger charge is 2.26. The third-order valence-electron chi connectivity index (χ3n) is 6.31. The quantitative estimate of drug-likeness (QED) is 0.696. The van der Waals surface area contributed by atoms with Crippen LogP contribution in [-0.4, -0.2) is 72.8 Å². The minimum atomic E-state index is -0.110. The first-order valence-corrected chi connectivity index (χ1v) is 11.3. The first-order valence-electron chi connectivity index (χ1n) is 11.3. The summed E-state index contributed by atoms with van der Waals surface area (Å²) in [5, 5.41) is 3.80. The average molecular weight is 416 g/mol. The number of rotatable bonds is 7. The number of fused-ring (bicyclic) bond motifs is 1. The van der Waals surface area contributed by atoms with E-state index in [1.165, 1.54) is 38.6 Å². The summed E-state index contributed by atoms with van der Waals surface area (Å²) in [6.07, 6.45) is 7.58. The van der Waals surface area contributed by atoms with Gasteiger partial charge < -0.3 is 24.3 Å². The summed E-state index contributed by atoms with van der Waals surface area (Å²) in [7, 11) is 0. The molecule has 4 heterocycles. The molecule has 1 atom stereocenters. The van der Waals surface area contributed by atoms with Gasteiger partial charge in [0.1, 0.15) is 17.9 Å². The summed E-state index contributed by atoms with van der Waals surface area (Å²) in [6.45, 7) is 9.74. The number of furan rings is 1. The molecule has 2 aliphatic heterocycles. The molecule has 0 aliphatic carbocycles. The third-order valence-corrected chi connectivity index (χ3v) is 6.31. The van der Waals surface area contributed by atoms with Crippen molar-refractivity contribution >= 4 is 22.8 Å². The van der Waals surface area contributed by atoms with Crippen molar-refractivity contribution in [2.75, 3.05) is 50.8 Å². The molecule has 1 unspecified atom stereocenters. The number of carbonyl (C=O) groups is 1. The molecule has 0 radical (unpaired) electrons. The second kappa shape index (κ2) is 9.75. The first-order chi connectivity index (χ1) is 14.7. The molecule has 0 saturated carbocycles. The van der Waals surface area contributed by atoms with Crippen molar-refractivity contribution in [3.05, 3.63) is 17.7 Å². The normalized spacial score (nSPS) is 20.6. The Hall–Kier alpha value is -2.19. The van der Waals surface area contributed by atoms with Gasteiger partial charge in [0.2, 0.25) is 5.71 Å². The second-order valence-corrected chi connectivity index (χ2v) is 8.21. The van der Waals surface area contributed by atoms with Crippen molar-refractivity contribution < 1.29 is 13.9 Å². The second-order valence-electron chi connectivity index (χ2n) is 8.21. The highest BCUT2D eigenvalue weighted by Crippen LogP contribution is 2.31. The van der Waals surface area contributed by atoms with Gasteiger partial charge in [-0.05, 0) is 39.2 Å². The van der Waals surface area contributed by atoms with Gasteiger partial charge in [0.25, 0.3) is 5.91 Å². The lowest BCUT2D eigenvalue weighted by Gasteiger charge is -2.35. The minimum Gasteiger partial charge on any atom is -0.442 e. The Balaban J connectivity index is 1.43. The molecule has 2 saturated heterocycles. The predicted octanol–water partition coefficient (Wildman–Crippen LogP) is 2.75. The molecule has 2 aliphatic rings. The van der Waals surface area contributed by atoms with E-state index in [9.17, 15) is 4.79 Å². The molecule has 8 heteroatoms. The molecule has 1 N–H and O–H groups in total. The Morgan fingerprint density at radius 2 is 2.07 bits per heavy atom. The van der Waals surface area contributed by atoms with Crippen LogP contribution >= 0.6 is 0 Å². The zero-order valence-corrected chi connectivity index (χ0v) is 18.2. The van der Waals surface area contributed by atoms with E-state index in [1.54, 1.807) is 0 Å². The molecule has 8 nitrogen and oxygen atoms in total. The fourth-order valence-electron chi connectivity index (χ4n) is 4.71. The smallest absolute Gasteiger partial charge is 0.255 e. The molecule has 30 heavy (non-hydrogen) atoms. The minimum absolute atomic E-state index is 0.110. The fraction of sp³-hybridized carbons (Fsp3) is 0.682. The van der Waals surface area contributed by atoms with Crippen LogP contribution in [-0.2, 0) is 4.74 Å². The summed E-state index contributed by atoms with van der Waals surface area (Å²) in [5.74, 6) is 1.23. The van der Waals surface area contributed by atoms with Gasteiger partial charge in [-0.15, -0.1) is 0 Å². The maximum atomic E-state index is 13.1. The summed E-state index contributed by atoms with van der Waals surface area (Å²) in [4.78, 5) is 26.5. The van der Waals surface area contributed by atoms with Crippen molar-refractivity contribution in [3.8, 4) is 0 Å². The number of aryl methyl sites for hydroxylation is 1. The number of amides is 1. The summed E-state index contributed by atoms with van der Waals surface area (Å²) in [6, 6.07) is 0.697. The van der Waals surface area contributed by atoms with E-state index in [0.717, 1.165) is 31.9 Å². The number of nitrogens with zero attached hydrogens (tertiary/aromatic N) is 4. The van der Waals surface area contributed by atoms with Crippen molar-refractivity contribution in [2.24, 2.45) is 0 Å². The van der Waals surface area contributed by atoms with Gasteiger partial charge in [-0.2, -0.15) is 0 Å². The molecule has 2 aromatic rings. The number of nitrogens with one attached hydrogen (secondary N) is 1. The Morgan fingerprint density at radius 1 is 1.23 bits per heavy atom. The molecule has 1 amide bonds. The highest BCUT2D eigenvalue weighted by atomic mass is 16.5. The van der Waals surface area contributed by atoms with E-state index in [0.29, 0.717) is 48.2 Å². The van der Waals surface area contributed by atoms with Crippen LogP contribution in [0.1, 0.15) is 55.1 Å². The van der Waals surface area contributed by atoms with Crippen LogP contribution in [0.4, 0.5) is 5.82 Å². The zero-order chi connectivity index (χ0) is 20.9. The number of likely N-dealkylation sites (tertiary alicyclic amines) is 1. The molecule has 2 fully saturated rings. The Labute approximate surface area is 178 Å². The Bertz CT molecular complexity index is 862. The van der Waals surface area contributed by atoms with Gasteiger partial charge in [0.05, 0.1) is 24.2 Å². The summed E-state index contributed by atoms with van der Waals surface area (Å²) < 4.78 is 11.3. The molecule has 0 spiro atoms. The van der Waals surface area contributed by atoms with Crippen LogP contribution in [0.15, 0.2) is 10.7 Å². The Kier molecular flexibility index (Phi) is 6.84. The lowest BCUT2D eigenvalue weighted by atomic mass is 10.00. The number of hydrogen-bond donors (Lipinski definition) is 1. The molecular formula is C22H33N5O3. The number of hydrogen-bond acceptors (Lipinski definition) is 7. The number of anilines is 1. The molecular weight excluding hydrogens is 382 g/mol. The summed E-state index contributed by atoms with van der Waals surface area (Å²) >= 11 is 0. The maximum absolute atomic E-state index is 13.1. The van der Waals surface area contributed by atoms with Crippen molar-refractivity contribution in [3.63, 3.8) is 0 Å². The fourth-order valence-corrected chi connectivity index (χ4v) is 4.71. The largest absolute Gasteiger partial charge is 0.442 e. The van der Waals surface area contributed by atoms with Gasteiger partial charge in [0.15, 0.2) is 0 Å². The number of ether oxygens (including phenoxy) is 1. The number of morpholine rings is 1. The van der Waals surface area contributed by atoms with Crippen LogP contribution in [0, 0.1) is 6.92 Å². The van der Waals surface area contributed by atoms with E-state index in [-0.39, 0.29) is 5.91 Å². The molecule has 164 valence electrons. The lowest BCUT2D eigenvalue weighted by Crippen LogP contribution is -2.40. The lowest BCUT2D eigenvalue weighted by molar-refractivity contribution is 0.0947. The SMILES string of the molecule is CCC1CCCCN1CCCNC(=O)c1c(C)oc2ncnc(N3CCOCC3)c12. The van der Waals surface area contributed by atoms with Crippen LogP contribution in [0.3, 0.4) is 0 Å². The average Bonchev–Trinajstić information content (AvgIpc) is 3.13. The van der Waals surface area contributed by atoms with Gasteiger partial charge in [0, 0.05) is 32.2 Å². The van der Waals surface area contributed by atoms with Crippen molar-refractivity contribution in [2.45, 2.75) is 52.0 Å². The van der Waals surface area contributed by atoms with Crippen LogP contribution in [0.5, 0.6) is 0 Å². The van der Waals surface area contributed by atoms with Gasteiger partial charge >= 0.3 is 0 Å². The molecule has 0 bridgehead atoms. The molecule has 4 rings (SSSR count). The van der Waals surface area contributed by atoms with E-state index < -0.39 is 0 Å². The van der Waals surface area contributed by atoms with Crippen LogP contribution < -0.4 is 10.2 Å². The molecule has 2 aromatic heterocycles. The van der Waals surface area contributed by atoms with Gasteiger partial charge in [-0.3, -0.25) is 4.79 Å². The predicted molar refractivity (Wildman–Crippen MR) is 116 cm³/mol. The number of piperidine rings is 1. The molecule has 0 aromatic carbocycles. The van der Waals surface area contributed by atoms with E-state index in [2.05, 4.69) is 32.0 Å². The van der Waals surface area contributed by atoms with E-state index >= 15 is 0 Å². The van der Waals surface area contributed by atoms with E-state index in [4.69, 9.17) is 9.15 Å². The third kappa shape index (κ3) is 4.44. The summed E-state index contributed by atoms with van der Waals surface area (Å²) in [5.41, 5.74) is 1.02. The Morgan fingerprint density at radius 3 is 2.87 bits per heavy atom. The highest BCUT2D eigenvalue weighted by molar-refractivity contribution is 6.10. The monoisotopic (exact) mass is 415 g/mol. The maximum Gasteiger partial charge on any atom is 0.255 e. The van der Waals surface area contributed by atoms with Gasteiger partial charge in [-0.1, -0.05) is 13.3 Å². The topological polar surface area (TPSA) is 83.7 Å². The standard InChI is InChI=1S/C22H33N5O3/c1-3-17-7-4-5-9-26(17)10-6-8-23-21(28)18-16(2)30-22-19(18)20(24-15-25-22)27-11-13-29-14-12-27/h15,17H,3-14H2,1-2H3,(H,23,28). The van der Waals surface area contributed by atoms with Crippen molar-refractivity contribution in [1.29, 1.82) is 0 Å². The van der Waals surface area contributed by atoms with Crippen LogP contribution in [0.2, 0.25) is 0 Å². The zero-order valence-electron chi connectivity index (χ0n) is 18.2. The number of carbonyl (C=O) groups excluding carboxylic acids is 1. The van der Waals surface area contributed by atoms with E-state index in [1.807, 2.05) is 6.92 Å². The van der Waals surface area contributed by atoms with Crippen LogP contribution in [0.25, 0.3) is 11.1 Å².